The van der Waals surface area contributed by atoms with Crippen LogP contribution in [0, 0.1) is 0 Å². The first-order valence-electron chi connectivity index (χ1n) is 9.68. The molecule has 2 aromatic rings. The number of carbonyl (C=O) groups is 1. The van der Waals surface area contributed by atoms with Crippen molar-refractivity contribution >= 4 is 40.3 Å². The molecular formula is C22H21N3O3S. The molecule has 3 heterocycles. The highest BCUT2D eigenvalue weighted by atomic mass is 32.2. The van der Waals surface area contributed by atoms with Crippen molar-refractivity contribution in [1.29, 1.82) is 0 Å². The Morgan fingerprint density at radius 3 is 2.59 bits per heavy atom. The Labute approximate surface area is 173 Å². The van der Waals surface area contributed by atoms with Crippen LogP contribution in [0.1, 0.15) is 18.4 Å². The number of carbonyl (C=O) groups excluding carboxylic acids is 1. The number of amides is 1. The molecule has 1 amide bonds. The van der Waals surface area contributed by atoms with Gasteiger partial charge in [-0.25, -0.2) is 4.99 Å². The number of aliphatic imine (C=N–C) groups is 1. The maximum absolute atomic E-state index is 12.7. The lowest BCUT2D eigenvalue weighted by Crippen LogP contribution is -2.23. The third-order valence-electron chi connectivity index (χ3n) is 5.25. The summed E-state index contributed by atoms with van der Waals surface area (Å²) in [7, 11) is 1.75. The first-order valence-corrected chi connectivity index (χ1v) is 10.5. The zero-order valence-corrected chi connectivity index (χ0v) is 16.9. The summed E-state index contributed by atoms with van der Waals surface area (Å²) in [6, 6.07) is 13.9. The van der Waals surface area contributed by atoms with E-state index in [1.165, 1.54) is 30.3 Å². The second-order valence-corrected chi connectivity index (χ2v) is 8.20. The van der Waals surface area contributed by atoms with Crippen LogP contribution in [-0.4, -0.2) is 42.9 Å². The molecule has 0 aromatic heterocycles. The van der Waals surface area contributed by atoms with Gasteiger partial charge in [-0.05, 0) is 60.5 Å². The summed E-state index contributed by atoms with van der Waals surface area (Å²) >= 11 is 1.38. The first kappa shape index (κ1) is 18.1. The molecule has 0 unspecified atom stereocenters. The fraction of sp³-hybridized carbons (Fsp3) is 0.273. The fourth-order valence-electron chi connectivity index (χ4n) is 3.62. The van der Waals surface area contributed by atoms with Gasteiger partial charge in [-0.2, -0.15) is 0 Å². The smallest absolute Gasteiger partial charge is 0.266 e. The van der Waals surface area contributed by atoms with Crippen molar-refractivity contribution in [3.05, 3.63) is 52.9 Å². The molecule has 0 N–H and O–H groups in total. The molecule has 148 valence electrons. The van der Waals surface area contributed by atoms with Gasteiger partial charge in [-0.15, -0.1) is 0 Å². The predicted molar refractivity (Wildman–Crippen MR) is 116 cm³/mol. The largest absolute Gasteiger partial charge is 0.454 e. The van der Waals surface area contributed by atoms with Crippen molar-refractivity contribution < 1.29 is 14.3 Å². The number of anilines is 1. The number of nitrogens with zero attached hydrogens (tertiary/aromatic N) is 3. The molecule has 0 aliphatic carbocycles. The van der Waals surface area contributed by atoms with Crippen molar-refractivity contribution in [2.45, 2.75) is 12.8 Å². The summed E-state index contributed by atoms with van der Waals surface area (Å²) in [6.45, 7) is 2.48. The highest BCUT2D eigenvalue weighted by molar-refractivity contribution is 8.18. The van der Waals surface area contributed by atoms with E-state index in [2.05, 4.69) is 34.2 Å². The molecule has 2 saturated heterocycles. The first-order chi connectivity index (χ1) is 14.2. The van der Waals surface area contributed by atoms with E-state index in [1.807, 2.05) is 24.3 Å². The minimum atomic E-state index is -0.0434. The van der Waals surface area contributed by atoms with E-state index in [9.17, 15) is 4.79 Å². The maximum Gasteiger partial charge on any atom is 0.266 e. The Morgan fingerprint density at radius 2 is 1.79 bits per heavy atom. The van der Waals surface area contributed by atoms with Gasteiger partial charge in [-0.1, -0.05) is 12.1 Å². The van der Waals surface area contributed by atoms with E-state index < -0.39 is 0 Å². The number of thioether (sulfide) groups is 1. The summed E-state index contributed by atoms with van der Waals surface area (Å²) in [4.78, 5) is 22.0. The molecule has 29 heavy (non-hydrogen) atoms. The minimum absolute atomic E-state index is 0.0434. The van der Waals surface area contributed by atoms with Crippen LogP contribution in [0.25, 0.3) is 6.08 Å². The number of fused-ring (bicyclic) bond motifs is 1. The van der Waals surface area contributed by atoms with Crippen LogP contribution in [0.3, 0.4) is 0 Å². The van der Waals surface area contributed by atoms with E-state index in [0.717, 1.165) is 30.1 Å². The van der Waals surface area contributed by atoms with Gasteiger partial charge in [0.15, 0.2) is 16.7 Å². The summed E-state index contributed by atoms with van der Waals surface area (Å²) in [6.07, 6.45) is 4.45. The summed E-state index contributed by atoms with van der Waals surface area (Å²) in [5, 5.41) is 0.647. The van der Waals surface area contributed by atoms with Gasteiger partial charge in [0.2, 0.25) is 6.79 Å². The number of ether oxygens (including phenoxy) is 2. The average Bonchev–Trinajstić information content (AvgIpc) is 3.47. The minimum Gasteiger partial charge on any atom is -0.454 e. The van der Waals surface area contributed by atoms with Gasteiger partial charge in [-0.3, -0.25) is 9.69 Å². The lowest BCUT2D eigenvalue weighted by molar-refractivity contribution is -0.121. The van der Waals surface area contributed by atoms with Crippen molar-refractivity contribution in [3.8, 4) is 11.5 Å². The zero-order valence-electron chi connectivity index (χ0n) is 16.1. The van der Waals surface area contributed by atoms with Crippen LogP contribution in [0.2, 0.25) is 0 Å². The molecule has 6 nitrogen and oxygen atoms in total. The van der Waals surface area contributed by atoms with Crippen LogP contribution in [0.15, 0.2) is 52.4 Å². The third-order valence-corrected chi connectivity index (χ3v) is 6.31. The summed E-state index contributed by atoms with van der Waals surface area (Å²) in [5.41, 5.74) is 2.99. The Bertz CT molecular complexity index is 1010. The van der Waals surface area contributed by atoms with E-state index in [-0.39, 0.29) is 12.7 Å². The Morgan fingerprint density at radius 1 is 1.03 bits per heavy atom. The molecule has 3 aliphatic rings. The van der Waals surface area contributed by atoms with E-state index in [0.29, 0.717) is 15.8 Å². The molecule has 0 spiro atoms. The van der Waals surface area contributed by atoms with E-state index in [4.69, 9.17) is 9.47 Å². The number of hydrogen-bond donors (Lipinski definition) is 0. The van der Waals surface area contributed by atoms with Gasteiger partial charge >= 0.3 is 0 Å². The molecule has 5 rings (SSSR count). The van der Waals surface area contributed by atoms with Crippen LogP contribution >= 0.6 is 11.8 Å². The quantitative estimate of drug-likeness (QED) is 0.712. The average molecular weight is 407 g/mol. The number of amidine groups is 1. The molecule has 0 bridgehead atoms. The SMILES string of the molecule is CN1C(=O)/C(=C/c2ccc(N3CCCC3)cc2)SC1=Nc1ccc2c(c1)OCO2. The molecular weight excluding hydrogens is 386 g/mol. The number of rotatable bonds is 3. The van der Waals surface area contributed by atoms with E-state index >= 15 is 0 Å². The molecule has 3 aliphatic heterocycles. The van der Waals surface area contributed by atoms with Crippen molar-refractivity contribution in [3.63, 3.8) is 0 Å². The number of hydrogen-bond acceptors (Lipinski definition) is 6. The lowest BCUT2D eigenvalue weighted by atomic mass is 10.2. The van der Waals surface area contributed by atoms with Crippen molar-refractivity contribution in [1.82, 2.24) is 4.90 Å². The van der Waals surface area contributed by atoms with Gasteiger partial charge in [0.1, 0.15) is 0 Å². The molecule has 2 aromatic carbocycles. The monoisotopic (exact) mass is 407 g/mol. The predicted octanol–water partition coefficient (Wildman–Crippen LogP) is 4.25. The van der Waals surface area contributed by atoms with Crippen LogP contribution in [-0.2, 0) is 4.79 Å². The second kappa shape index (κ2) is 7.48. The second-order valence-electron chi connectivity index (χ2n) is 7.19. The van der Waals surface area contributed by atoms with Crippen LogP contribution in [0.4, 0.5) is 11.4 Å². The number of benzene rings is 2. The normalized spacial score (nSPS) is 21.1. The third kappa shape index (κ3) is 3.58. The highest BCUT2D eigenvalue weighted by Crippen LogP contribution is 2.38. The molecule has 2 fully saturated rings. The lowest BCUT2D eigenvalue weighted by Gasteiger charge is -2.17. The standard InChI is InChI=1S/C22H21N3O3S/c1-24-21(26)20(12-15-4-7-17(8-5-15)25-10-2-3-11-25)29-22(24)23-16-6-9-18-19(13-16)28-14-27-18/h4-9,12-13H,2-3,10-11,14H2,1H3/b20-12-,23-22?. The van der Waals surface area contributed by atoms with Crippen molar-refractivity contribution in [2.75, 3.05) is 31.8 Å². The van der Waals surface area contributed by atoms with Gasteiger partial charge in [0, 0.05) is 31.9 Å². The Balaban J connectivity index is 1.35. The van der Waals surface area contributed by atoms with E-state index in [1.54, 1.807) is 11.9 Å². The summed E-state index contributed by atoms with van der Waals surface area (Å²) in [5.74, 6) is 1.35. The highest BCUT2D eigenvalue weighted by Gasteiger charge is 2.30. The Hall–Kier alpha value is -2.93. The van der Waals surface area contributed by atoms with Crippen LogP contribution in [0.5, 0.6) is 11.5 Å². The van der Waals surface area contributed by atoms with Gasteiger partial charge in [0.25, 0.3) is 5.91 Å². The molecule has 0 radical (unpaired) electrons. The molecule has 0 atom stereocenters. The molecule has 7 heteroatoms. The topological polar surface area (TPSA) is 54.4 Å². The zero-order chi connectivity index (χ0) is 19.8. The number of likely N-dealkylation sites (N-methyl/N-ethyl adjacent to an activating group) is 1. The maximum atomic E-state index is 12.7. The van der Waals surface area contributed by atoms with Crippen molar-refractivity contribution in [2.24, 2.45) is 4.99 Å². The van der Waals surface area contributed by atoms with Crippen LogP contribution < -0.4 is 14.4 Å². The van der Waals surface area contributed by atoms with Gasteiger partial charge < -0.3 is 14.4 Å². The molecule has 0 saturated carbocycles. The van der Waals surface area contributed by atoms with Gasteiger partial charge in [0.05, 0.1) is 10.6 Å². The Kier molecular flexibility index (Phi) is 4.67. The summed E-state index contributed by atoms with van der Waals surface area (Å²) < 4.78 is 10.7. The fourth-order valence-corrected chi connectivity index (χ4v) is 4.61.